The summed E-state index contributed by atoms with van der Waals surface area (Å²) in [6.45, 7) is 8.14. The lowest BCUT2D eigenvalue weighted by molar-refractivity contribution is 0.989. The minimum Gasteiger partial charge on any atom is -0.0949 e. The molecule has 0 radical (unpaired) electrons. The van der Waals surface area contributed by atoms with E-state index in [1.807, 2.05) is 13.0 Å². The predicted octanol–water partition coefficient (Wildman–Crippen LogP) is 3.81. The Balaban J connectivity index is 2.74. The molecular formula is C13H16. The van der Waals surface area contributed by atoms with Crippen LogP contribution in [0, 0.1) is 5.92 Å². The van der Waals surface area contributed by atoms with Gasteiger partial charge in [0.25, 0.3) is 0 Å². The second-order valence-corrected chi connectivity index (χ2v) is 3.26. The minimum absolute atomic E-state index is 0.376. The van der Waals surface area contributed by atoms with Crippen LogP contribution in [0.3, 0.4) is 0 Å². The Hall–Kier alpha value is -1.30. The first-order chi connectivity index (χ1) is 6.24. The summed E-state index contributed by atoms with van der Waals surface area (Å²) >= 11 is 0. The van der Waals surface area contributed by atoms with Gasteiger partial charge in [-0.25, -0.2) is 0 Å². The first kappa shape index (κ1) is 9.79. The highest BCUT2D eigenvalue weighted by Crippen LogP contribution is 2.19. The molecule has 0 N–H and O–H groups in total. The zero-order valence-corrected chi connectivity index (χ0v) is 8.33. The summed E-state index contributed by atoms with van der Waals surface area (Å²) in [6.07, 6.45) is 14.7. The molecule has 1 atom stereocenters. The topological polar surface area (TPSA) is 0 Å². The van der Waals surface area contributed by atoms with Crippen LogP contribution in [-0.4, -0.2) is 0 Å². The third-order valence-corrected chi connectivity index (χ3v) is 2.04. The zero-order chi connectivity index (χ0) is 9.68. The molecule has 0 fully saturated rings. The molecule has 0 aromatic heterocycles. The summed E-state index contributed by atoms with van der Waals surface area (Å²) in [6, 6.07) is 0. The van der Waals surface area contributed by atoms with Crippen molar-refractivity contribution < 1.29 is 0 Å². The van der Waals surface area contributed by atoms with Gasteiger partial charge in [0.2, 0.25) is 0 Å². The van der Waals surface area contributed by atoms with Crippen LogP contribution in [0.4, 0.5) is 0 Å². The van der Waals surface area contributed by atoms with Crippen LogP contribution in [0.15, 0.2) is 60.3 Å². The second kappa shape index (κ2) is 4.66. The maximum Gasteiger partial charge on any atom is 0.0201 e. The highest BCUT2D eigenvalue weighted by Gasteiger charge is 2.04. The maximum atomic E-state index is 4.00. The van der Waals surface area contributed by atoms with E-state index in [0.29, 0.717) is 5.92 Å². The van der Waals surface area contributed by atoms with Crippen LogP contribution in [0.25, 0.3) is 0 Å². The molecule has 0 saturated heterocycles. The van der Waals surface area contributed by atoms with E-state index in [-0.39, 0.29) is 0 Å². The van der Waals surface area contributed by atoms with E-state index >= 15 is 0 Å². The van der Waals surface area contributed by atoms with E-state index in [1.165, 1.54) is 5.57 Å². The van der Waals surface area contributed by atoms with Crippen LogP contribution in [0.2, 0.25) is 0 Å². The van der Waals surface area contributed by atoms with Gasteiger partial charge < -0.3 is 0 Å². The Morgan fingerprint density at radius 2 is 2.23 bits per heavy atom. The van der Waals surface area contributed by atoms with Gasteiger partial charge in [-0.05, 0) is 19.4 Å². The molecule has 13 heavy (non-hydrogen) atoms. The molecular weight excluding hydrogens is 156 g/mol. The van der Waals surface area contributed by atoms with Crippen molar-refractivity contribution in [1.29, 1.82) is 0 Å². The Bertz CT molecular complexity index is 298. The summed E-state index contributed by atoms with van der Waals surface area (Å²) < 4.78 is 0. The van der Waals surface area contributed by atoms with Gasteiger partial charge in [0, 0.05) is 5.92 Å². The van der Waals surface area contributed by atoms with Crippen molar-refractivity contribution in [3.8, 4) is 0 Å². The third-order valence-electron chi connectivity index (χ3n) is 2.04. The smallest absolute Gasteiger partial charge is 0.0201 e. The number of rotatable bonds is 2. The van der Waals surface area contributed by atoms with Crippen LogP contribution in [0.5, 0.6) is 0 Å². The Morgan fingerprint density at radius 3 is 2.85 bits per heavy atom. The fraction of sp³-hybridized carbons (Fsp3) is 0.231. The van der Waals surface area contributed by atoms with E-state index in [4.69, 9.17) is 0 Å². The van der Waals surface area contributed by atoms with E-state index in [0.717, 1.165) is 5.57 Å². The monoisotopic (exact) mass is 172 g/mol. The van der Waals surface area contributed by atoms with Gasteiger partial charge in [0.1, 0.15) is 0 Å². The predicted molar refractivity (Wildman–Crippen MR) is 59.5 cm³/mol. The van der Waals surface area contributed by atoms with Crippen molar-refractivity contribution in [1.82, 2.24) is 0 Å². The van der Waals surface area contributed by atoms with Crippen LogP contribution in [-0.2, 0) is 0 Å². The van der Waals surface area contributed by atoms with Crippen molar-refractivity contribution in [3.05, 3.63) is 60.3 Å². The third kappa shape index (κ3) is 2.90. The molecule has 0 aliphatic heterocycles. The largest absolute Gasteiger partial charge is 0.0949 e. The van der Waals surface area contributed by atoms with E-state index in [9.17, 15) is 0 Å². The lowest BCUT2D eigenvalue weighted by Gasteiger charge is -2.11. The second-order valence-electron chi connectivity index (χ2n) is 3.26. The van der Waals surface area contributed by atoms with E-state index in [2.05, 4.69) is 50.0 Å². The molecule has 1 unspecified atom stereocenters. The SMILES string of the molecule is C=C1C=CC=CC1C=C(C)/C=C\C. The van der Waals surface area contributed by atoms with Gasteiger partial charge in [-0.3, -0.25) is 0 Å². The van der Waals surface area contributed by atoms with Crippen molar-refractivity contribution in [2.75, 3.05) is 0 Å². The Kier molecular flexibility index (Phi) is 3.51. The normalized spacial score (nSPS) is 23.1. The minimum atomic E-state index is 0.376. The van der Waals surface area contributed by atoms with Gasteiger partial charge in [-0.15, -0.1) is 0 Å². The highest BCUT2D eigenvalue weighted by atomic mass is 14.1. The molecule has 0 heteroatoms. The fourth-order valence-corrected chi connectivity index (χ4v) is 1.36. The highest BCUT2D eigenvalue weighted by molar-refractivity contribution is 5.36. The molecule has 0 bridgehead atoms. The van der Waals surface area contributed by atoms with Crippen LogP contribution in [0.1, 0.15) is 13.8 Å². The first-order valence-electron chi connectivity index (χ1n) is 4.59. The molecule has 0 aromatic rings. The molecule has 0 nitrogen and oxygen atoms in total. The summed E-state index contributed by atoms with van der Waals surface area (Å²) in [5, 5.41) is 0. The molecule has 0 amide bonds. The lowest BCUT2D eigenvalue weighted by atomic mass is 9.94. The number of allylic oxidation sites excluding steroid dienone is 9. The van der Waals surface area contributed by atoms with Crippen LogP contribution >= 0.6 is 0 Å². The summed E-state index contributed by atoms with van der Waals surface area (Å²) in [7, 11) is 0. The Morgan fingerprint density at radius 1 is 1.46 bits per heavy atom. The van der Waals surface area contributed by atoms with Crippen molar-refractivity contribution in [3.63, 3.8) is 0 Å². The van der Waals surface area contributed by atoms with Crippen molar-refractivity contribution >= 4 is 0 Å². The first-order valence-corrected chi connectivity index (χ1v) is 4.59. The van der Waals surface area contributed by atoms with Gasteiger partial charge in [-0.1, -0.05) is 54.7 Å². The quantitative estimate of drug-likeness (QED) is 0.556. The summed E-state index contributed by atoms with van der Waals surface area (Å²) in [5.41, 5.74) is 2.44. The molecule has 0 spiro atoms. The molecule has 1 aliphatic carbocycles. The van der Waals surface area contributed by atoms with E-state index in [1.54, 1.807) is 0 Å². The van der Waals surface area contributed by atoms with Gasteiger partial charge in [0.15, 0.2) is 0 Å². The van der Waals surface area contributed by atoms with Gasteiger partial charge in [0.05, 0.1) is 0 Å². The molecule has 0 heterocycles. The molecule has 0 saturated carbocycles. The molecule has 0 aromatic carbocycles. The molecule has 68 valence electrons. The van der Waals surface area contributed by atoms with Crippen LogP contribution < -0.4 is 0 Å². The average Bonchev–Trinajstić information content (AvgIpc) is 2.09. The Labute approximate surface area is 80.7 Å². The fourth-order valence-electron chi connectivity index (χ4n) is 1.36. The number of hydrogen-bond donors (Lipinski definition) is 0. The van der Waals surface area contributed by atoms with Crippen molar-refractivity contribution in [2.45, 2.75) is 13.8 Å². The zero-order valence-electron chi connectivity index (χ0n) is 8.33. The average molecular weight is 172 g/mol. The van der Waals surface area contributed by atoms with Gasteiger partial charge >= 0.3 is 0 Å². The van der Waals surface area contributed by atoms with E-state index < -0.39 is 0 Å². The molecule has 1 aliphatic rings. The summed E-state index contributed by atoms with van der Waals surface area (Å²) in [4.78, 5) is 0. The lowest BCUT2D eigenvalue weighted by Crippen LogP contribution is -1.97. The standard InChI is InChI=1S/C13H16/c1-4-7-11(2)10-13-9-6-5-8-12(13)3/h4-10,13H,3H2,1-2H3/b7-4-,11-10?. The molecule has 1 rings (SSSR count). The van der Waals surface area contributed by atoms with Gasteiger partial charge in [-0.2, -0.15) is 0 Å². The summed E-state index contributed by atoms with van der Waals surface area (Å²) in [5.74, 6) is 0.376. The maximum absolute atomic E-state index is 4.00. The number of hydrogen-bond acceptors (Lipinski definition) is 0. The van der Waals surface area contributed by atoms with Crippen molar-refractivity contribution in [2.24, 2.45) is 5.92 Å².